The molecule has 1 aliphatic heterocycles. The van der Waals surface area contributed by atoms with Gasteiger partial charge in [0.1, 0.15) is 12.6 Å². The van der Waals surface area contributed by atoms with Crippen molar-refractivity contribution in [1.29, 1.82) is 0 Å². The molecular weight excluding hydrogens is 500 g/mol. The van der Waals surface area contributed by atoms with Gasteiger partial charge in [0, 0.05) is 19.6 Å². The number of amides is 1. The highest BCUT2D eigenvalue weighted by Crippen LogP contribution is 2.32. The molecule has 0 saturated carbocycles. The number of morpholine rings is 1. The summed E-state index contributed by atoms with van der Waals surface area (Å²) >= 11 is 0. The van der Waals surface area contributed by atoms with Crippen LogP contribution in [0.5, 0.6) is 0 Å². The van der Waals surface area contributed by atoms with Gasteiger partial charge in [-0.05, 0) is 31.0 Å². The van der Waals surface area contributed by atoms with E-state index >= 15 is 0 Å². The van der Waals surface area contributed by atoms with Crippen molar-refractivity contribution in [2.45, 2.75) is 32.5 Å². The Kier molecular flexibility index (Phi) is 10.7. The molecule has 0 spiro atoms. The zero-order chi connectivity index (χ0) is 20.6. The molecule has 0 aliphatic carbocycles. The molecule has 164 valence electrons. The van der Waals surface area contributed by atoms with Crippen molar-refractivity contribution in [3.05, 3.63) is 35.4 Å². The molecule has 1 aromatic carbocycles. The number of guanidine groups is 1. The summed E-state index contributed by atoms with van der Waals surface area (Å²) < 4.78 is 44.7. The van der Waals surface area contributed by atoms with Crippen LogP contribution in [0.15, 0.2) is 29.3 Å². The Bertz CT molecular complexity index is 686. The number of nitrogens with one attached hydrogen (secondary N) is 2. The lowest BCUT2D eigenvalue weighted by atomic mass is 10.0. The molecule has 1 saturated heterocycles. The summed E-state index contributed by atoms with van der Waals surface area (Å²) in [5.74, 6) is 0.384. The fourth-order valence-corrected chi connectivity index (χ4v) is 2.85. The van der Waals surface area contributed by atoms with Crippen LogP contribution >= 0.6 is 24.0 Å². The van der Waals surface area contributed by atoms with Crippen LogP contribution in [-0.4, -0.2) is 56.1 Å². The van der Waals surface area contributed by atoms with Gasteiger partial charge < -0.3 is 20.3 Å². The molecule has 1 aromatic rings. The minimum Gasteiger partial charge on any atom is -0.370 e. The number of alkyl halides is 3. The Morgan fingerprint density at radius 1 is 1.31 bits per heavy atom. The summed E-state index contributed by atoms with van der Waals surface area (Å²) in [6, 6.07) is 5.18. The maximum atomic E-state index is 13.0. The maximum Gasteiger partial charge on any atom is 0.416 e. The maximum absolute atomic E-state index is 13.0. The zero-order valence-electron chi connectivity index (χ0n) is 16.6. The third-order valence-electron chi connectivity index (χ3n) is 4.23. The number of nitrogens with zero attached hydrogens (tertiary/aromatic N) is 2. The average molecular weight is 528 g/mol. The number of halogens is 4. The highest BCUT2D eigenvalue weighted by atomic mass is 127. The molecule has 1 unspecified atom stereocenters. The van der Waals surface area contributed by atoms with Gasteiger partial charge >= 0.3 is 6.18 Å². The number of hydrogen-bond acceptors (Lipinski definition) is 3. The number of hydrogen-bond donors (Lipinski definition) is 2. The molecule has 10 heteroatoms. The monoisotopic (exact) mass is 528 g/mol. The Morgan fingerprint density at radius 3 is 2.72 bits per heavy atom. The quantitative estimate of drug-likeness (QED) is 0.339. The first kappa shape index (κ1) is 25.5. The van der Waals surface area contributed by atoms with E-state index in [-0.39, 0.29) is 36.4 Å². The van der Waals surface area contributed by atoms with E-state index < -0.39 is 17.8 Å². The van der Waals surface area contributed by atoms with E-state index in [2.05, 4.69) is 15.6 Å². The summed E-state index contributed by atoms with van der Waals surface area (Å²) in [4.78, 5) is 18.1. The van der Waals surface area contributed by atoms with Crippen LogP contribution in [-0.2, 0) is 15.7 Å². The number of carbonyl (C=O) groups is 1. The van der Waals surface area contributed by atoms with Crippen molar-refractivity contribution in [2.24, 2.45) is 4.99 Å². The first-order valence-corrected chi connectivity index (χ1v) is 9.43. The van der Waals surface area contributed by atoms with E-state index in [1.807, 2.05) is 18.7 Å². The van der Waals surface area contributed by atoms with E-state index in [9.17, 15) is 18.0 Å². The van der Waals surface area contributed by atoms with Gasteiger partial charge in [-0.25, -0.2) is 4.99 Å². The Balaban J connectivity index is 0.00000420. The van der Waals surface area contributed by atoms with Gasteiger partial charge in [-0.3, -0.25) is 4.79 Å². The van der Waals surface area contributed by atoms with Gasteiger partial charge in [0.25, 0.3) is 0 Å². The van der Waals surface area contributed by atoms with E-state index in [1.54, 1.807) is 6.07 Å². The van der Waals surface area contributed by atoms with Crippen molar-refractivity contribution in [3.8, 4) is 0 Å². The standard InChI is InChI=1S/C19H27F3N4O2.HI/c1-3-8-24-17(27)12-25-18(23-4-2)26-9-10-28-16(13-26)14-6-5-7-15(11-14)19(20,21)22;/h5-7,11,16H,3-4,8-10,12-13H2,1-2H3,(H,23,25)(H,24,27);1H. The van der Waals surface area contributed by atoms with Crippen LogP contribution in [0.1, 0.15) is 37.5 Å². The molecule has 1 aliphatic rings. The fourth-order valence-electron chi connectivity index (χ4n) is 2.85. The number of aliphatic imine (C=N–C) groups is 1. The molecule has 0 radical (unpaired) electrons. The first-order valence-electron chi connectivity index (χ1n) is 9.43. The SMILES string of the molecule is CCCNC(=O)CN=C(NCC)N1CCOC(c2cccc(C(F)(F)F)c2)C1.I. The third-order valence-corrected chi connectivity index (χ3v) is 4.23. The van der Waals surface area contributed by atoms with E-state index in [1.165, 1.54) is 6.07 Å². The van der Waals surface area contributed by atoms with Crippen molar-refractivity contribution in [3.63, 3.8) is 0 Å². The molecule has 29 heavy (non-hydrogen) atoms. The average Bonchev–Trinajstić information content (AvgIpc) is 2.69. The van der Waals surface area contributed by atoms with Crippen LogP contribution in [0.2, 0.25) is 0 Å². The van der Waals surface area contributed by atoms with E-state index in [4.69, 9.17) is 4.74 Å². The lowest BCUT2D eigenvalue weighted by Gasteiger charge is -2.35. The van der Waals surface area contributed by atoms with Gasteiger partial charge in [0.2, 0.25) is 5.91 Å². The number of carbonyl (C=O) groups excluding carboxylic acids is 1. The normalized spacial score (nSPS) is 17.5. The smallest absolute Gasteiger partial charge is 0.370 e. The molecule has 0 aromatic heterocycles. The van der Waals surface area contributed by atoms with Gasteiger partial charge in [0.05, 0.1) is 18.7 Å². The van der Waals surface area contributed by atoms with Crippen LogP contribution in [0.4, 0.5) is 13.2 Å². The second-order valence-corrected chi connectivity index (χ2v) is 6.45. The highest BCUT2D eigenvalue weighted by Gasteiger charge is 2.32. The van der Waals surface area contributed by atoms with Gasteiger partial charge in [-0.15, -0.1) is 24.0 Å². The first-order chi connectivity index (χ1) is 13.3. The predicted molar refractivity (Wildman–Crippen MR) is 116 cm³/mol. The lowest BCUT2D eigenvalue weighted by molar-refractivity contribution is -0.137. The second kappa shape index (κ2) is 12.2. The highest BCUT2D eigenvalue weighted by molar-refractivity contribution is 14.0. The number of rotatable bonds is 6. The summed E-state index contributed by atoms with van der Waals surface area (Å²) in [5.41, 5.74) is -0.227. The largest absolute Gasteiger partial charge is 0.416 e. The van der Waals surface area contributed by atoms with Crippen LogP contribution in [0, 0.1) is 0 Å². The number of benzene rings is 1. The molecule has 1 amide bonds. The number of ether oxygens (including phenoxy) is 1. The molecule has 6 nitrogen and oxygen atoms in total. The van der Waals surface area contributed by atoms with Crippen molar-refractivity contribution >= 4 is 35.8 Å². The van der Waals surface area contributed by atoms with Crippen LogP contribution in [0.3, 0.4) is 0 Å². The summed E-state index contributed by atoms with van der Waals surface area (Å²) in [6.45, 7) is 6.33. The van der Waals surface area contributed by atoms with Crippen molar-refractivity contribution in [2.75, 3.05) is 39.3 Å². The van der Waals surface area contributed by atoms with Gasteiger partial charge in [0.15, 0.2) is 5.96 Å². The van der Waals surface area contributed by atoms with Gasteiger partial charge in [-0.1, -0.05) is 19.1 Å². The molecule has 1 atom stereocenters. The summed E-state index contributed by atoms with van der Waals surface area (Å²) in [6.07, 6.45) is -4.06. The minimum atomic E-state index is -4.40. The fraction of sp³-hybridized carbons (Fsp3) is 0.579. The van der Waals surface area contributed by atoms with Crippen molar-refractivity contribution < 1.29 is 22.7 Å². The summed E-state index contributed by atoms with van der Waals surface area (Å²) in [5, 5.41) is 5.90. The lowest BCUT2D eigenvalue weighted by Crippen LogP contribution is -2.48. The van der Waals surface area contributed by atoms with Crippen molar-refractivity contribution in [1.82, 2.24) is 15.5 Å². The predicted octanol–water partition coefficient (Wildman–Crippen LogP) is 3.19. The molecule has 2 N–H and O–H groups in total. The third kappa shape index (κ3) is 8.00. The Labute approximate surface area is 186 Å². The molecule has 2 rings (SSSR count). The second-order valence-electron chi connectivity index (χ2n) is 6.45. The molecular formula is C19H28F3IN4O2. The summed E-state index contributed by atoms with van der Waals surface area (Å²) in [7, 11) is 0. The van der Waals surface area contributed by atoms with Gasteiger partial charge in [-0.2, -0.15) is 13.2 Å². The van der Waals surface area contributed by atoms with Crippen LogP contribution in [0.25, 0.3) is 0 Å². The molecule has 1 fully saturated rings. The van der Waals surface area contributed by atoms with E-state index in [0.717, 1.165) is 18.6 Å². The Hall–Kier alpha value is -1.56. The topological polar surface area (TPSA) is 66.0 Å². The van der Waals surface area contributed by atoms with Crippen LogP contribution < -0.4 is 10.6 Å². The zero-order valence-corrected chi connectivity index (χ0v) is 18.9. The molecule has 1 heterocycles. The minimum absolute atomic E-state index is 0. The Morgan fingerprint density at radius 2 is 2.07 bits per heavy atom. The van der Waals surface area contributed by atoms with E-state index in [0.29, 0.717) is 44.3 Å². The molecule has 0 bridgehead atoms.